The molecule has 1 heterocycles. The third kappa shape index (κ3) is 11.4. The Morgan fingerprint density at radius 3 is 1.97 bits per heavy atom. The zero-order valence-corrected chi connectivity index (χ0v) is 23.3. The van der Waals surface area contributed by atoms with Crippen LogP contribution in [0.2, 0.25) is 0 Å². The Labute approximate surface area is 218 Å². The minimum absolute atomic E-state index is 0.0862. The highest BCUT2D eigenvalue weighted by molar-refractivity contribution is 7.89. The molecule has 0 atom stereocenters. The van der Waals surface area contributed by atoms with Gasteiger partial charge in [0, 0.05) is 25.2 Å². The van der Waals surface area contributed by atoms with E-state index in [4.69, 9.17) is 12.2 Å². The number of nitrogens with one attached hydrogen (secondary N) is 2. The molecule has 1 saturated heterocycles. The van der Waals surface area contributed by atoms with Crippen LogP contribution >= 0.6 is 12.2 Å². The predicted molar refractivity (Wildman–Crippen MR) is 149 cm³/mol. The van der Waals surface area contributed by atoms with E-state index in [2.05, 4.69) is 24.5 Å². The second-order valence-corrected chi connectivity index (χ2v) is 12.2. The molecule has 0 aliphatic carbocycles. The summed E-state index contributed by atoms with van der Waals surface area (Å²) < 4.78 is 27.2. The van der Waals surface area contributed by atoms with Crippen LogP contribution in [-0.2, 0) is 14.8 Å². The second kappa shape index (κ2) is 16.3. The van der Waals surface area contributed by atoms with Crippen LogP contribution in [-0.4, -0.2) is 36.8 Å². The predicted octanol–water partition coefficient (Wildman–Crippen LogP) is 6.62. The largest absolute Gasteiger partial charge is 0.332 e. The van der Waals surface area contributed by atoms with Crippen molar-refractivity contribution in [3.63, 3.8) is 0 Å². The molecular weight excluding hydrogens is 478 g/mol. The van der Waals surface area contributed by atoms with Crippen molar-refractivity contribution in [3.8, 4) is 0 Å². The van der Waals surface area contributed by atoms with Crippen LogP contribution in [0.25, 0.3) is 0 Å². The molecule has 198 valence electrons. The summed E-state index contributed by atoms with van der Waals surface area (Å²) in [6.07, 6.45) is 16.0. The number of carbonyl (C=O) groups is 1. The van der Waals surface area contributed by atoms with Crippen molar-refractivity contribution < 1.29 is 13.2 Å². The number of thiocarbonyl (C=S) groups is 1. The first-order valence-corrected chi connectivity index (χ1v) is 15.4. The van der Waals surface area contributed by atoms with Gasteiger partial charge in [-0.15, -0.1) is 0 Å². The maximum atomic E-state index is 12.8. The van der Waals surface area contributed by atoms with Gasteiger partial charge in [0.25, 0.3) is 0 Å². The molecule has 0 bridgehead atoms. The smallest absolute Gasteiger partial charge is 0.243 e. The molecule has 2 rings (SSSR count). The summed E-state index contributed by atoms with van der Waals surface area (Å²) in [7, 11) is -3.47. The summed E-state index contributed by atoms with van der Waals surface area (Å²) in [5.41, 5.74) is 0.649. The van der Waals surface area contributed by atoms with E-state index in [0.29, 0.717) is 31.1 Å². The summed E-state index contributed by atoms with van der Waals surface area (Å²) in [5, 5.41) is 5.93. The van der Waals surface area contributed by atoms with E-state index in [-0.39, 0.29) is 15.9 Å². The lowest BCUT2D eigenvalue weighted by atomic mass is 10.0. The van der Waals surface area contributed by atoms with Crippen molar-refractivity contribution >= 4 is 38.9 Å². The summed E-state index contributed by atoms with van der Waals surface area (Å²) in [5.74, 6) is 0.483. The van der Waals surface area contributed by atoms with Gasteiger partial charge < -0.3 is 10.6 Å². The number of piperidine rings is 1. The van der Waals surface area contributed by atoms with Crippen LogP contribution in [0.3, 0.4) is 0 Å². The molecular formula is C27H45N3O3S2. The molecule has 0 radical (unpaired) electrons. The number of rotatable bonds is 15. The number of sulfonamides is 1. The monoisotopic (exact) mass is 523 g/mol. The third-order valence-corrected chi connectivity index (χ3v) is 8.87. The van der Waals surface area contributed by atoms with Crippen LogP contribution < -0.4 is 10.6 Å². The number of carbonyl (C=O) groups excluding carboxylic acids is 1. The van der Waals surface area contributed by atoms with Gasteiger partial charge in [-0.3, -0.25) is 4.79 Å². The van der Waals surface area contributed by atoms with E-state index in [1.165, 1.54) is 57.8 Å². The minimum Gasteiger partial charge on any atom is -0.332 e. The van der Waals surface area contributed by atoms with Gasteiger partial charge in [-0.05, 0) is 61.7 Å². The van der Waals surface area contributed by atoms with Crippen LogP contribution in [0.5, 0.6) is 0 Å². The van der Waals surface area contributed by atoms with Crippen molar-refractivity contribution in [2.75, 3.05) is 18.4 Å². The first-order chi connectivity index (χ1) is 16.8. The number of amides is 1. The van der Waals surface area contributed by atoms with Gasteiger partial charge in [0.15, 0.2) is 5.11 Å². The lowest BCUT2D eigenvalue weighted by molar-refractivity contribution is -0.119. The third-order valence-electron chi connectivity index (χ3n) is 6.75. The highest BCUT2D eigenvalue weighted by Gasteiger charge is 2.27. The SMILES string of the molecule is CCCCCCCCCCCCCC(=O)NC(=S)Nc1ccc(S(=O)(=O)N2CCC(C)CC2)cc1. The van der Waals surface area contributed by atoms with E-state index in [9.17, 15) is 13.2 Å². The van der Waals surface area contributed by atoms with Crippen LogP contribution in [0.15, 0.2) is 29.2 Å². The molecule has 1 aromatic rings. The highest BCUT2D eigenvalue weighted by Crippen LogP contribution is 2.24. The Balaban J connectivity index is 1.60. The summed E-state index contributed by atoms with van der Waals surface area (Å²) in [6, 6.07) is 6.54. The van der Waals surface area contributed by atoms with Crippen LogP contribution in [0, 0.1) is 5.92 Å². The fourth-order valence-electron chi connectivity index (χ4n) is 4.39. The molecule has 0 spiro atoms. The molecule has 0 aromatic heterocycles. The van der Waals surface area contributed by atoms with Gasteiger partial charge in [0.2, 0.25) is 15.9 Å². The second-order valence-electron chi connectivity index (χ2n) is 9.90. The van der Waals surface area contributed by atoms with E-state index in [1.54, 1.807) is 28.6 Å². The normalized spacial score (nSPS) is 15.1. The molecule has 6 nitrogen and oxygen atoms in total. The molecule has 1 aromatic carbocycles. The fourth-order valence-corrected chi connectivity index (χ4v) is 6.09. The molecule has 1 aliphatic rings. The van der Waals surface area contributed by atoms with E-state index >= 15 is 0 Å². The molecule has 1 amide bonds. The maximum Gasteiger partial charge on any atom is 0.243 e. The zero-order chi connectivity index (χ0) is 25.5. The Hall–Kier alpha value is -1.51. The van der Waals surface area contributed by atoms with Gasteiger partial charge >= 0.3 is 0 Å². The number of hydrogen-bond acceptors (Lipinski definition) is 4. The summed E-state index contributed by atoms with van der Waals surface area (Å²) >= 11 is 5.25. The molecule has 8 heteroatoms. The fraction of sp³-hybridized carbons (Fsp3) is 0.704. The van der Waals surface area contributed by atoms with Crippen molar-refractivity contribution in [2.45, 2.75) is 109 Å². The summed E-state index contributed by atoms with van der Waals surface area (Å²) in [4.78, 5) is 12.4. The van der Waals surface area contributed by atoms with Gasteiger partial charge in [-0.2, -0.15) is 4.31 Å². The number of anilines is 1. The van der Waals surface area contributed by atoms with Crippen molar-refractivity contribution in [3.05, 3.63) is 24.3 Å². The Kier molecular flexibility index (Phi) is 13.8. The number of benzene rings is 1. The standard InChI is InChI=1S/C27H45N3O3S2/c1-3-4-5-6-7-8-9-10-11-12-13-14-26(31)29-27(34)28-24-15-17-25(18-16-24)35(32,33)30-21-19-23(2)20-22-30/h15-18,23H,3-14,19-22H2,1-2H3,(H2,28,29,31,34). The maximum absolute atomic E-state index is 12.8. The lowest BCUT2D eigenvalue weighted by Gasteiger charge is -2.29. The van der Waals surface area contributed by atoms with Crippen molar-refractivity contribution in [1.29, 1.82) is 0 Å². The van der Waals surface area contributed by atoms with Gasteiger partial charge in [-0.1, -0.05) is 78.1 Å². The molecule has 1 fully saturated rings. The molecule has 0 saturated carbocycles. The molecule has 2 N–H and O–H groups in total. The zero-order valence-electron chi connectivity index (χ0n) is 21.7. The lowest BCUT2D eigenvalue weighted by Crippen LogP contribution is -2.37. The first kappa shape index (κ1) is 29.7. The number of hydrogen-bond donors (Lipinski definition) is 2. The summed E-state index contributed by atoms with van der Waals surface area (Å²) in [6.45, 7) is 5.54. The number of unbranched alkanes of at least 4 members (excludes halogenated alkanes) is 10. The molecule has 35 heavy (non-hydrogen) atoms. The molecule has 0 unspecified atom stereocenters. The highest BCUT2D eigenvalue weighted by atomic mass is 32.2. The average molecular weight is 524 g/mol. The number of nitrogens with zero attached hydrogens (tertiary/aromatic N) is 1. The average Bonchev–Trinajstić information content (AvgIpc) is 2.83. The quantitative estimate of drug-likeness (QED) is 0.199. The molecule has 1 aliphatic heterocycles. The van der Waals surface area contributed by atoms with Gasteiger partial charge in [-0.25, -0.2) is 8.42 Å². The van der Waals surface area contributed by atoms with Gasteiger partial charge in [0.1, 0.15) is 0 Å². The first-order valence-electron chi connectivity index (χ1n) is 13.5. The van der Waals surface area contributed by atoms with E-state index in [1.807, 2.05) is 0 Å². The Morgan fingerprint density at radius 2 is 1.43 bits per heavy atom. The van der Waals surface area contributed by atoms with Crippen molar-refractivity contribution in [2.24, 2.45) is 5.92 Å². The minimum atomic E-state index is -3.47. The van der Waals surface area contributed by atoms with Crippen LogP contribution in [0.4, 0.5) is 5.69 Å². The van der Waals surface area contributed by atoms with Crippen molar-refractivity contribution in [1.82, 2.24) is 9.62 Å². The van der Waals surface area contributed by atoms with Gasteiger partial charge in [0.05, 0.1) is 4.90 Å². The van der Waals surface area contributed by atoms with E-state index in [0.717, 1.165) is 25.7 Å². The topological polar surface area (TPSA) is 78.5 Å². The van der Waals surface area contributed by atoms with Crippen LogP contribution in [0.1, 0.15) is 104 Å². The Bertz CT molecular complexity index is 864. The van der Waals surface area contributed by atoms with E-state index < -0.39 is 10.0 Å². The Morgan fingerprint density at radius 1 is 0.914 bits per heavy atom.